The molecule has 0 unspecified atom stereocenters. The van der Waals surface area contributed by atoms with Gasteiger partial charge in [0.05, 0.1) is 16.6 Å². The van der Waals surface area contributed by atoms with Crippen LogP contribution in [-0.4, -0.2) is 63.1 Å². The molecule has 1 aromatic rings. The monoisotopic (exact) mass is 350 g/mol. The van der Waals surface area contributed by atoms with Crippen molar-refractivity contribution in [3.8, 4) is 0 Å². The molecule has 0 N–H and O–H groups in total. The van der Waals surface area contributed by atoms with E-state index in [0.29, 0.717) is 35.9 Å². The summed E-state index contributed by atoms with van der Waals surface area (Å²) in [5.41, 5.74) is 0.821. The van der Waals surface area contributed by atoms with E-state index in [1.165, 1.54) is 0 Å². The predicted molar refractivity (Wildman–Crippen MR) is 92.3 cm³/mol. The summed E-state index contributed by atoms with van der Waals surface area (Å²) in [5.74, 6) is 0.755. The molecule has 3 heterocycles. The largest absolute Gasteiger partial charge is 0.370 e. The van der Waals surface area contributed by atoms with Crippen LogP contribution in [0.1, 0.15) is 18.4 Å². The lowest BCUT2D eigenvalue weighted by Crippen LogP contribution is -2.40. The van der Waals surface area contributed by atoms with Crippen molar-refractivity contribution in [1.29, 1.82) is 0 Å². The normalized spacial score (nSPS) is 35.8. The van der Waals surface area contributed by atoms with Crippen molar-refractivity contribution in [2.24, 2.45) is 11.8 Å². The van der Waals surface area contributed by atoms with Crippen LogP contribution in [0.5, 0.6) is 0 Å². The lowest BCUT2D eigenvalue weighted by atomic mass is 9.73. The van der Waals surface area contributed by atoms with Crippen LogP contribution in [0.15, 0.2) is 29.2 Å². The van der Waals surface area contributed by atoms with Gasteiger partial charge in [-0.25, -0.2) is 8.42 Å². The fraction of sp³-hybridized carbons (Fsp3) is 0.667. The minimum atomic E-state index is -3.44. The molecule has 3 aliphatic rings. The first-order valence-corrected chi connectivity index (χ1v) is 10.2. The first kappa shape index (κ1) is 16.5. The Morgan fingerprint density at radius 2 is 2.00 bits per heavy atom. The molecule has 0 saturated carbocycles. The van der Waals surface area contributed by atoms with Crippen LogP contribution in [0.2, 0.25) is 0 Å². The summed E-state index contributed by atoms with van der Waals surface area (Å²) in [5, 5.41) is 0. The van der Waals surface area contributed by atoms with Crippen LogP contribution in [0.25, 0.3) is 0 Å². The fourth-order valence-corrected chi connectivity index (χ4v) is 6.38. The molecule has 0 amide bonds. The van der Waals surface area contributed by atoms with E-state index in [2.05, 4.69) is 19.0 Å². The van der Waals surface area contributed by atoms with Crippen molar-refractivity contribution in [3.63, 3.8) is 0 Å². The lowest BCUT2D eigenvalue weighted by molar-refractivity contribution is 0.00739. The van der Waals surface area contributed by atoms with Crippen molar-refractivity contribution in [3.05, 3.63) is 29.8 Å². The van der Waals surface area contributed by atoms with Gasteiger partial charge in [0.25, 0.3) is 0 Å². The van der Waals surface area contributed by atoms with Crippen molar-refractivity contribution < 1.29 is 13.2 Å². The summed E-state index contributed by atoms with van der Waals surface area (Å²) in [6.45, 7) is 4.03. The lowest BCUT2D eigenvalue weighted by Gasteiger charge is -2.31. The van der Waals surface area contributed by atoms with Crippen LogP contribution in [-0.2, 0) is 14.8 Å². The van der Waals surface area contributed by atoms with Crippen LogP contribution in [0.3, 0.4) is 0 Å². The summed E-state index contributed by atoms with van der Waals surface area (Å²) >= 11 is 0. The highest BCUT2D eigenvalue weighted by atomic mass is 32.2. The van der Waals surface area contributed by atoms with Gasteiger partial charge in [0.2, 0.25) is 10.0 Å². The molecule has 6 heteroatoms. The molecule has 2 bridgehead atoms. The van der Waals surface area contributed by atoms with Gasteiger partial charge in [0.15, 0.2) is 0 Å². The highest BCUT2D eigenvalue weighted by molar-refractivity contribution is 7.89. The number of ether oxygens (including phenoxy) is 1. The number of fused-ring (bicyclic) bond motifs is 1. The van der Waals surface area contributed by atoms with Crippen molar-refractivity contribution >= 4 is 10.0 Å². The van der Waals surface area contributed by atoms with Crippen LogP contribution in [0.4, 0.5) is 0 Å². The second-order valence-corrected chi connectivity index (χ2v) is 9.84. The van der Waals surface area contributed by atoms with E-state index in [9.17, 15) is 8.42 Å². The molecule has 0 aromatic heterocycles. The zero-order valence-electron chi connectivity index (χ0n) is 14.6. The molecular formula is C18H26N2O3S. The predicted octanol–water partition coefficient (Wildman–Crippen LogP) is 1.72. The number of hydrogen-bond donors (Lipinski definition) is 0. The number of nitrogens with zero attached hydrogens (tertiary/aromatic N) is 2. The number of sulfonamides is 1. The fourth-order valence-electron chi connectivity index (χ4n) is 4.86. The van der Waals surface area contributed by atoms with Crippen LogP contribution < -0.4 is 0 Å². The molecule has 4 rings (SSSR count). The Kier molecular flexibility index (Phi) is 3.80. The van der Waals surface area contributed by atoms with Gasteiger partial charge in [-0.3, -0.25) is 0 Å². The van der Waals surface area contributed by atoms with E-state index in [4.69, 9.17) is 4.74 Å². The molecule has 3 fully saturated rings. The van der Waals surface area contributed by atoms with E-state index < -0.39 is 10.0 Å². The van der Waals surface area contributed by atoms with Gasteiger partial charge < -0.3 is 9.64 Å². The molecule has 1 spiro atoms. The average Bonchev–Trinajstić information content (AvgIpc) is 3.17. The quantitative estimate of drug-likeness (QED) is 0.830. The van der Waals surface area contributed by atoms with E-state index in [1.807, 2.05) is 19.1 Å². The summed E-state index contributed by atoms with van der Waals surface area (Å²) < 4.78 is 34.1. The second kappa shape index (κ2) is 5.53. The number of benzene rings is 1. The number of aryl methyl sites for hydroxylation is 1. The Bertz CT molecular complexity index is 731. The van der Waals surface area contributed by atoms with E-state index in [-0.39, 0.29) is 5.60 Å². The second-order valence-electron chi connectivity index (χ2n) is 7.90. The molecule has 132 valence electrons. The number of hydrogen-bond acceptors (Lipinski definition) is 4. The first-order valence-electron chi connectivity index (χ1n) is 8.71. The van der Waals surface area contributed by atoms with Gasteiger partial charge in [-0.2, -0.15) is 4.31 Å². The van der Waals surface area contributed by atoms with Gasteiger partial charge in [-0.05, 0) is 46.0 Å². The van der Waals surface area contributed by atoms with Crippen molar-refractivity contribution in [2.45, 2.75) is 36.4 Å². The molecule has 4 atom stereocenters. The third-order valence-electron chi connectivity index (χ3n) is 5.99. The van der Waals surface area contributed by atoms with Gasteiger partial charge in [0.1, 0.15) is 0 Å². The Hall–Kier alpha value is -0.950. The molecule has 1 aromatic carbocycles. The highest BCUT2D eigenvalue weighted by Gasteiger charge is 2.64. The molecule has 3 aliphatic heterocycles. The molecule has 0 radical (unpaired) electrons. The van der Waals surface area contributed by atoms with Gasteiger partial charge in [-0.15, -0.1) is 0 Å². The van der Waals surface area contributed by atoms with Gasteiger partial charge in [-0.1, -0.05) is 17.7 Å². The molecule has 0 aliphatic carbocycles. The average molecular weight is 350 g/mol. The third-order valence-corrected chi connectivity index (χ3v) is 7.81. The van der Waals surface area contributed by atoms with E-state index in [0.717, 1.165) is 24.9 Å². The summed E-state index contributed by atoms with van der Waals surface area (Å²) in [4.78, 5) is 2.59. The highest BCUT2D eigenvalue weighted by Crippen LogP contribution is 2.55. The van der Waals surface area contributed by atoms with E-state index in [1.54, 1.807) is 16.4 Å². The number of rotatable bonds is 4. The molecule has 5 nitrogen and oxygen atoms in total. The zero-order valence-corrected chi connectivity index (χ0v) is 15.4. The van der Waals surface area contributed by atoms with Crippen molar-refractivity contribution in [2.75, 3.05) is 33.7 Å². The molecule has 3 saturated heterocycles. The third kappa shape index (κ3) is 2.43. The maximum atomic E-state index is 13.0. The van der Waals surface area contributed by atoms with Crippen LogP contribution >= 0.6 is 0 Å². The molecule has 24 heavy (non-hydrogen) atoms. The van der Waals surface area contributed by atoms with Crippen LogP contribution in [0, 0.1) is 18.8 Å². The smallest absolute Gasteiger partial charge is 0.243 e. The standard InChI is InChI=1S/C18H26N2O3S/c1-13-4-6-14(7-5-13)24(21,22)20-11-16-15(10-19(2)3)17-8-9-18(16,12-20)23-17/h4-7,15-17H,8-12H2,1-3H3/t15-,16+,17+,18+/m0/s1. The Morgan fingerprint density at radius 3 is 2.67 bits per heavy atom. The Morgan fingerprint density at radius 1 is 1.29 bits per heavy atom. The van der Waals surface area contributed by atoms with Crippen molar-refractivity contribution in [1.82, 2.24) is 9.21 Å². The topological polar surface area (TPSA) is 49.9 Å². The first-order chi connectivity index (χ1) is 11.3. The summed E-state index contributed by atoms with van der Waals surface area (Å²) in [6.07, 6.45) is 2.36. The Labute approximate surface area is 144 Å². The zero-order chi connectivity index (χ0) is 17.1. The Balaban J connectivity index is 1.61. The minimum absolute atomic E-state index is 0.247. The van der Waals surface area contributed by atoms with E-state index >= 15 is 0 Å². The minimum Gasteiger partial charge on any atom is -0.370 e. The maximum Gasteiger partial charge on any atom is 0.243 e. The van der Waals surface area contributed by atoms with Gasteiger partial charge >= 0.3 is 0 Å². The maximum absolute atomic E-state index is 13.0. The molecular weight excluding hydrogens is 324 g/mol. The SMILES string of the molecule is Cc1ccc(S(=O)(=O)N2C[C@@H]3[C@H](CN(C)C)[C@H]4CC[C@]3(C2)O4)cc1. The summed E-state index contributed by atoms with van der Waals surface area (Å²) in [6, 6.07) is 7.15. The van der Waals surface area contributed by atoms with Gasteiger partial charge in [0, 0.05) is 31.5 Å². The summed E-state index contributed by atoms with van der Waals surface area (Å²) in [7, 11) is 0.716.